The molecule has 45 heavy (non-hydrogen) atoms. The molecule has 0 radical (unpaired) electrons. The maximum Gasteiger partial charge on any atom is 0.407 e. The summed E-state index contributed by atoms with van der Waals surface area (Å²) in [6, 6.07) is 18.3. The van der Waals surface area contributed by atoms with Crippen LogP contribution in [0.5, 0.6) is 0 Å². The first kappa shape index (κ1) is 36.8. The molecule has 10 heteroatoms. The number of carbonyl (C=O) groups is 4. The summed E-state index contributed by atoms with van der Waals surface area (Å²) in [5.41, 5.74) is 1.81. The number of aliphatic hydroxyl groups excluding tert-OH is 1. The van der Waals surface area contributed by atoms with Crippen molar-refractivity contribution in [2.75, 3.05) is 26.3 Å². The van der Waals surface area contributed by atoms with Crippen LogP contribution in [0.1, 0.15) is 56.1 Å². The standard InChI is InChI=1S/C35H47N3O7/c1-3-5-20-33(41)44-27-31(19-12-13-21-36-35(43)45-26-29-17-10-7-11-18-29)37-34(42)30(14-4-2)24-32(40)38(22-23-39)25-28-15-8-6-9-16-28/h3-4,6-11,15-18,30-31,39H,1-2,5,12-14,19-27H2,(H,36,43)(H,37,42). The van der Waals surface area contributed by atoms with Crippen molar-refractivity contribution in [3.63, 3.8) is 0 Å². The van der Waals surface area contributed by atoms with Gasteiger partial charge in [0.1, 0.15) is 13.2 Å². The molecule has 0 bridgehead atoms. The number of amides is 3. The number of ether oxygens (including phenoxy) is 2. The number of benzene rings is 2. The molecule has 244 valence electrons. The van der Waals surface area contributed by atoms with Gasteiger partial charge < -0.3 is 30.1 Å². The Kier molecular flexibility index (Phi) is 18.1. The van der Waals surface area contributed by atoms with Crippen LogP contribution >= 0.6 is 0 Å². The van der Waals surface area contributed by atoms with E-state index in [9.17, 15) is 24.3 Å². The molecule has 0 spiro atoms. The largest absolute Gasteiger partial charge is 0.463 e. The number of nitrogens with zero attached hydrogens (tertiary/aromatic N) is 1. The fraction of sp³-hybridized carbons (Fsp3) is 0.429. The van der Waals surface area contributed by atoms with E-state index in [1.54, 1.807) is 12.2 Å². The van der Waals surface area contributed by atoms with Crippen LogP contribution in [0.25, 0.3) is 0 Å². The number of alkyl carbamates (subject to hydrolysis) is 1. The lowest BCUT2D eigenvalue weighted by molar-refractivity contribution is -0.145. The maximum atomic E-state index is 13.4. The van der Waals surface area contributed by atoms with E-state index in [0.717, 1.165) is 11.1 Å². The molecule has 0 saturated heterocycles. The van der Waals surface area contributed by atoms with Crippen molar-refractivity contribution < 1.29 is 33.8 Å². The Hall–Kier alpha value is -4.44. The summed E-state index contributed by atoms with van der Waals surface area (Å²) in [5.74, 6) is -1.68. The van der Waals surface area contributed by atoms with E-state index in [0.29, 0.717) is 38.8 Å². The van der Waals surface area contributed by atoms with Gasteiger partial charge >= 0.3 is 12.1 Å². The van der Waals surface area contributed by atoms with Gasteiger partial charge in [-0.1, -0.05) is 72.8 Å². The number of esters is 1. The lowest BCUT2D eigenvalue weighted by Crippen LogP contribution is -2.44. The van der Waals surface area contributed by atoms with E-state index in [-0.39, 0.29) is 57.4 Å². The van der Waals surface area contributed by atoms with Crippen LogP contribution in [-0.2, 0) is 37.0 Å². The number of hydrogen-bond donors (Lipinski definition) is 3. The summed E-state index contributed by atoms with van der Waals surface area (Å²) in [6.07, 6.45) is 5.32. The number of unbranched alkanes of at least 4 members (excludes halogenated alkanes) is 1. The smallest absolute Gasteiger partial charge is 0.407 e. The predicted octanol–water partition coefficient (Wildman–Crippen LogP) is 4.68. The summed E-state index contributed by atoms with van der Waals surface area (Å²) < 4.78 is 10.6. The van der Waals surface area contributed by atoms with Crippen molar-refractivity contribution in [1.82, 2.24) is 15.5 Å². The molecule has 0 aliphatic heterocycles. The van der Waals surface area contributed by atoms with Crippen molar-refractivity contribution in [2.24, 2.45) is 5.92 Å². The second kappa shape index (κ2) is 22.1. The summed E-state index contributed by atoms with van der Waals surface area (Å²) in [4.78, 5) is 52.3. The fourth-order valence-corrected chi connectivity index (χ4v) is 4.52. The number of allylic oxidation sites excluding steroid dienone is 2. The SMILES string of the molecule is C=CCCC(=O)OCC(CCCCNC(=O)OCc1ccccc1)NC(=O)C(CC=C)CC(=O)N(CCO)Cc1ccccc1. The van der Waals surface area contributed by atoms with Gasteiger partial charge in [0.2, 0.25) is 11.8 Å². The summed E-state index contributed by atoms with van der Waals surface area (Å²) in [6.45, 7) is 8.17. The molecule has 3 N–H and O–H groups in total. The highest BCUT2D eigenvalue weighted by atomic mass is 16.5. The zero-order valence-electron chi connectivity index (χ0n) is 26.0. The van der Waals surface area contributed by atoms with Crippen molar-refractivity contribution >= 4 is 23.9 Å². The number of hydrogen-bond acceptors (Lipinski definition) is 7. The topological polar surface area (TPSA) is 134 Å². The minimum absolute atomic E-state index is 0.0202. The van der Waals surface area contributed by atoms with Gasteiger partial charge in [0.15, 0.2) is 0 Å². The van der Waals surface area contributed by atoms with E-state index in [2.05, 4.69) is 23.8 Å². The van der Waals surface area contributed by atoms with Gasteiger partial charge in [-0.05, 0) is 43.2 Å². The lowest BCUT2D eigenvalue weighted by atomic mass is 9.98. The van der Waals surface area contributed by atoms with Crippen LogP contribution < -0.4 is 10.6 Å². The normalized spacial score (nSPS) is 11.8. The number of nitrogens with one attached hydrogen (secondary N) is 2. The predicted molar refractivity (Wildman–Crippen MR) is 173 cm³/mol. The summed E-state index contributed by atoms with van der Waals surface area (Å²) in [7, 11) is 0. The highest BCUT2D eigenvalue weighted by molar-refractivity contribution is 5.86. The van der Waals surface area contributed by atoms with E-state index >= 15 is 0 Å². The minimum atomic E-state index is -0.688. The van der Waals surface area contributed by atoms with Gasteiger partial charge in [-0.2, -0.15) is 0 Å². The number of rotatable bonds is 22. The van der Waals surface area contributed by atoms with E-state index in [1.807, 2.05) is 60.7 Å². The van der Waals surface area contributed by atoms with Crippen molar-refractivity contribution in [1.29, 1.82) is 0 Å². The Labute approximate surface area is 266 Å². The first-order valence-corrected chi connectivity index (χ1v) is 15.4. The zero-order chi connectivity index (χ0) is 32.7. The van der Waals surface area contributed by atoms with Gasteiger partial charge in [-0.15, -0.1) is 13.2 Å². The highest BCUT2D eigenvalue weighted by Crippen LogP contribution is 2.16. The van der Waals surface area contributed by atoms with E-state index < -0.39 is 24.0 Å². The molecule has 2 unspecified atom stereocenters. The Morgan fingerprint density at radius 2 is 1.60 bits per heavy atom. The molecule has 2 atom stereocenters. The average molecular weight is 622 g/mol. The van der Waals surface area contributed by atoms with Crippen LogP contribution in [-0.4, -0.2) is 66.2 Å². The molecular formula is C35H47N3O7. The van der Waals surface area contributed by atoms with Crippen LogP contribution in [0.4, 0.5) is 4.79 Å². The molecule has 10 nitrogen and oxygen atoms in total. The van der Waals surface area contributed by atoms with Gasteiger partial charge in [-0.3, -0.25) is 14.4 Å². The Bertz CT molecular complexity index is 1190. The van der Waals surface area contributed by atoms with E-state index in [1.165, 1.54) is 4.90 Å². The van der Waals surface area contributed by atoms with Crippen molar-refractivity contribution in [3.05, 3.63) is 97.1 Å². The Morgan fingerprint density at radius 3 is 2.24 bits per heavy atom. The molecule has 0 saturated carbocycles. The molecule has 0 heterocycles. The fourth-order valence-electron chi connectivity index (χ4n) is 4.52. The van der Waals surface area contributed by atoms with Gasteiger partial charge in [-0.25, -0.2) is 4.79 Å². The van der Waals surface area contributed by atoms with Gasteiger partial charge in [0.25, 0.3) is 0 Å². The minimum Gasteiger partial charge on any atom is -0.463 e. The molecular weight excluding hydrogens is 574 g/mol. The third-order valence-corrected chi connectivity index (χ3v) is 6.99. The third kappa shape index (κ3) is 15.7. The lowest BCUT2D eigenvalue weighted by Gasteiger charge is -2.26. The molecule has 2 aromatic carbocycles. The summed E-state index contributed by atoms with van der Waals surface area (Å²) >= 11 is 0. The average Bonchev–Trinajstić information content (AvgIpc) is 3.05. The van der Waals surface area contributed by atoms with E-state index in [4.69, 9.17) is 9.47 Å². The molecule has 0 aliphatic rings. The first-order chi connectivity index (χ1) is 21.9. The third-order valence-electron chi connectivity index (χ3n) is 6.99. The van der Waals surface area contributed by atoms with Crippen LogP contribution in [0.3, 0.4) is 0 Å². The monoisotopic (exact) mass is 621 g/mol. The molecule has 0 aliphatic carbocycles. The molecule has 2 rings (SSSR count). The summed E-state index contributed by atoms with van der Waals surface area (Å²) in [5, 5.41) is 15.2. The molecule has 0 fully saturated rings. The molecule has 0 aromatic heterocycles. The van der Waals surface area contributed by atoms with Gasteiger partial charge in [0.05, 0.1) is 18.6 Å². The Morgan fingerprint density at radius 1 is 0.911 bits per heavy atom. The molecule has 3 amide bonds. The molecule has 2 aromatic rings. The van der Waals surface area contributed by atoms with Crippen LogP contribution in [0.2, 0.25) is 0 Å². The number of aliphatic hydroxyl groups is 1. The maximum absolute atomic E-state index is 13.4. The second-order valence-electron chi connectivity index (χ2n) is 10.7. The quantitative estimate of drug-likeness (QED) is 0.0988. The number of carbonyl (C=O) groups excluding carboxylic acids is 4. The highest BCUT2D eigenvalue weighted by Gasteiger charge is 2.26. The zero-order valence-corrected chi connectivity index (χ0v) is 26.0. The van der Waals surface area contributed by atoms with Gasteiger partial charge in [0, 0.05) is 32.5 Å². The first-order valence-electron chi connectivity index (χ1n) is 15.4. The van der Waals surface area contributed by atoms with Crippen molar-refractivity contribution in [3.8, 4) is 0 Å². The Balaban J connectivity index is 1.93. The van der Waals surface area contributed by atoms with Crippen molar-refractivity contribution in [2.45, 2.75) is 64.1 Å². The van der Waals surface area contributed by atoms with Crippen LogP contribution in [0.15, 0.2) is 86.0 Å². The second-order valence-corrected chi connectivity index (χ2v) is 10.7. The van der Waals surface area contributed by atoms with Crippen LogP contribution in [0, 0.1) is 5.92 Å².